The van der Waals surface area contributed by atoms with Gasteiger partial charge in [0.05, 0.1) is 32.4 Å². The van der Waals surface area contributed by atoms with Crippen LogP contribution in [0.25, 0.3) is 0 Å². The number of ether oxygens (including phenoxy) is 2. The molecule has 1 fully saturated rings. The lowest BCUT2D eigenvalue weighted by Gasteiger charge is -2.34. The highest BCUT2D eigenvalue weighted by Gasteiger charge is 2.22. The molecule has 1 heterocycles. The highest BCUT2D eigenvalue weighted by atomic mass is 127. The summed E-state index contributed by atoms with van der Waals surface area (Å²) >= 11 is 6.06. The Morgan fingerprint density at radius 2 is 1.93 bits per heavy atom. The van der Waals surface area contributed by atoms with Crippen molar-refractivity contribution in [2.24, 2.45) is 4.99 Å². The van der Waals surface area contributed by atoms with E-state index in [1.54, 1.807) is 0 Å². The molecule has 0 aromatic heterocycles. The van der Waals surface area contributed by atoms with Crippen LogP contribution in [0.15, 0.2) is 29.3 Å². The molecule has 1 aliphatic rings. The Morgan fingerprint density at radius 3 is 2.56 bits per heavy atom. The lowest BCUT2D eigenvalue weighted by molar-refractivity contribution is 0.0179. The summed E-state index contributed by atoms with van der Waals surface area (Å²) in [4.78, 5) is 7.24. The zero-order valence-corrected chi connectivity index (χ0v) is 19.3. The highest BCUT2D eigenvalue weighted by molar-refractivity contribution is 14.0. The fourth-order valence-electron chi connectivity index (χ4n) is 2.91. The van der Waals surface area contributed by atoms with Crippen molar-refractivity contribution in [1.29, 1.82) is 0 Å². The molecule has 0 amide bonds. The van der Waals surface area contributed by atoms with Gasteiger partial charge in [-0.2, -0.15) is 0 Å². The molecular weight excluding hydrogens is 479 g/mol. The van der Waals surface area contributed by atoms with Crippen molar-refractivity contribution < 1.29 is 9.47 Å². The van der Waals surface area contributed by atoms with Crippen LogP contribution in [0.3, 0.4) is 0 Å². The molecule has 2 rings (SSSR count). The first-order valence-electron chi connectivity index (χ1n) is 9.41. The molecule has 0 aliphatic carbocycles. The molecule has 27 heavy (non-hydrogen) atoms. The van der Waals surface area contributed by atoms with E-state index in [0.29, 0.717) is 13.2 Å². The Morgan fingerprint density at radius 1 is 1.22 bits per heavy atom. The van der Waals surface area contributed by atoms with Gasteiger partial charge in [-0.05, 0) is 31.5 Å². The van der Waals surface area contributed by atoms with Gasteiger partial charge in [0.1, 0.15) is 0 Å². The number of hydrogen-bond acceptors (Lipinski definition) is 4. The van der Waals surface area contributed by atoms with Gasteiger partial charge in [0.15, 0.2) is 5.96 Å². The number of rotatable bonds is 9. The van der Waals surface area contributed by atoms with Crippen LogP contribution in [0.4, 0.5) is 0 Å². The van der Waals surface area contributed by atoms with Gasteiger partial charge < -0.3 is 20.1 Å². The van der Waals surface area contributed by atoms with Crippen LogP contribution in [0, 0.1) is 0 Å². The third-order valence-electron chi connectivity index (χ3n) is 4.25. The van der Waals surface area contributed by atoms with Gasteiger partial charge in [-0.25, -0.2) is 0 Å². The summed E-state index contributed by atoms with van der Waals surface area (Å²) < 4.78 is 10.9. The summed E-state index contributed by atoms with van der Waals surface area (Å²) in [6.07, 6.45) is 0. The second kappa shape index (κ2) is 14.4. The van der Waals surface area contributed by atoms with Gasteiger partial charge in [0.25, 0.3) is 0 Å². The number of halogens is 2. The summed E-state index contributed by atoms with van der Waals surface area (Å²) in [6, 6.07) is 8.28. The monoisotopic (exact) mass is 510 g/mol. The highest BCUT2D eigenvalue weighted by Crippen LogP contribution is 2.24. The molecule has 1 saturated heterocycles. The summed E-state index contributed by atoms with van der Waals surface area (Å²) in [7, 11) is 0. The van der Waals surface area contributed by atoms with Crippen molar-refractivity contribution in [2.75, 3.05) is 59.2 Å². The van der Waals surface area contributed by atoms with E-state index in [1.165, 1.54) is 5.56 Å². The van der Waals surface area contributed by atoms with Crippen molar-refractivity contribution in [3.8, 4) is 0 Å². The SMILES string of the molecule is CCNC(=NCC(c1ccc(Cl)cc1)N1CCOCC1)NCCOCC.I. The van der Waals surface area contributed by atoms with Gasteiger partial charge in [-0.3, -0.25) is 9.89 Å². The van der Waals surface area contributed by atoms with Crippen LogP contribution < -0.4 is 10.6 Å². The predicted octanol–water partition coefficient (Wildman–Crippen LogP) is 2.92. The van der Waals surface area contributed by atoms with Crippen LogP contribution in [-0.4, -0.2) is 70.0 Å². The predicted molar refractivity (Wildman–Crippen MR) is 122 cm³/mol. The van der Waals surface area contributed by atoms with Gasteiger partial charge in [0, 0.05) is 37.8 Å². The number of nitrogens with zero attached hydrogens (tertiary/aromatic N) is 2. The number of morpholine rings is 1. The van der Waals surface area contributed by atoms with E-state index < -0.39 is 0 Å². The Labute approximate surface area is 185 Å². The Balaban J connectivity index is 0.00000364. The van der Waals surface area contributed by atoms with Crippen LogP contribution >= 0.6 is 35.6 Å². The molecule has 1 aromatic rings. The zero-order chi connectivity index (χ0) is 18.6. The smallest absolute Gasteiger partial charge is 0.191 e. The van der Waals surface area contributed by atoms with Crippen LogP contribution in [0.5, 0.6) is 0 Å². The van der Waals surface area contributed by atoms with Gasteiger partial charge in [-0.1, -0.05) is 23.7 Å². The molecule has 0 radical (unpaired) electrons. The average Bonchev–Trinajstić information content (AvgIpc) is 2.67. The van der Waals surface area contributed by atoms with E-state index in [4.69, 9.17) is 26.1 Å². The van der Waals surface area contributed by atoms with Crippen LogP contribution in [0.2, 0.25) is 5.02 Å². The Hall–Kier alpha value is -0.610. The first-order valence-corrected chi connectivity index (χ1v) is 9.79. The summed E-state index contributed by atoms with van der Waals surface area (Å²) in [6.45, 7) is 11.1. The maximum Gasteiger partial charge on any atom is 0.191 e. The minimum Gasteiger partial charge on any atom is -0.380 e. The second-order valence-corrected chi connectivity index (χ2v) is 6.50. The van der Waals surface area contributed by atoms with Crippen molar-refractivity contribution in [3.63, 3.8) is 0 Å². The van der Waals surface area contributed by atoms with E-state index in [1.807, 2.05) is 19.1 Å². The minimum absolute atomic E-state index is 0. The van der Waals surface area contributed by atoms with E-state index >= 15 is 0 Å². The van der Waals surface area contributed by atoms with Gasteiger partial charge in [0.2, 0.25) is 0 Å². The second-order valence-electron chi connectivity index (χ2n) is 6.06. The quantitative estimate of drug-likeness (QED) is 0.232. The first kappa shape index (κ1) is 24.4. The number of guanidine groups is 1. The Bertz CT molecular complexity index is 539. The molecule has 0 saturated carbocycles. The molecule has 1 unspecified atom stereocenters. The van der Waals surface area contributed by atoms with Gasteiger partial charge in [-0.15, -0.1) is 24.0 Å². The van der Waals surface area contributed by atoms with Crippen LogP contribution in [-0.2, 0) is 9.47 Å². The molecule has 0 bridgehead atoms. The van der Waals surface area contributed by atoms with E-state index in [-0.39, 0.29) is 30.0 Å². The molecule has 1 atom stereocenters. The third kappa shape index (κ3) is 8.95. The first-order chi connectivity index (χ1) is 12.7. The summed E-state index contributed by atoms with van der Waals surface area (Å²) in [5, 5.41) is 7.37. The average molecular weight is 511 g/mol. The number of hydrogen-bond donors (Lipinski definition) is 2. The molecular formula is C19H32ClIN4O2. The van der Waals surface area contributed by atoms with Crippen molar-refractivity contribution in [1.82, 2.24) is 15.5 Å². The summed E-state index contributed by atoms with van der Waals surface area (Å²) in [5.74, 6) is 0.819. The zero-order valence-electron chi connectivity index (χ0n) is 16.2. The maximum absolute atomic E-state index is 6.06. The molecule has 6 nitrogen and oxygen atoms in total. The largest absolute Gasteiger partial charge is 0.380 e. The minimum atomic E-state index is 0. The molecule has 154 valence electrons. The van der Waals surface area contributed by atoms with Crippen molar-refractivity contribution in [2.45, 2.75) is 19.9 Å². The molecule has 0 spiro atoms. The van der Waals surface area contributed by atoms with Crippen LogP contribution in [0.1, 0.15) is 25.5 Å². The number of aliphatic imine (C=N–C) groups is 1. The number of nitrogens with one attached hydrogen (secondary N) is 2. The maximum atomic E-state index is 6.06. The summed E-state index contributed by atoms with van der Waals surface area (Å²) in [5.41, 5.74) is 1.23. The number of benzene rings is 1. The standard InChI is InChI=1S/C19H31ClN4O2.HI/c1-3-21-19(22-9-12-25-4-2)23-15-18(24-10-13-26-14-11-24)16-5-7-17(20)8-6-16;/h5-8,18H,3-4,9-15H2,1-2H3,(H2,21,22,23);1H. The van der Waals surface area contributed by atoms with E-state index in [9.17, 15) is 0 Å². The fourth-order valence-corrected chi connectivity index (χ4v) is 3.04. The lowest BCUT2D eigenvalue weighted by Crippen LogP contribution is -2.42. The van der Waals surface area contributed by atoms with Crippen molar-refractivity contribution >= 4 is 41.5 Å². The molecule has 2 N–H and O–H groups in total. The van der Waals surface area contributed by atoms with E-state index in [0.717, 1.165) is 57.0 Å². The van der Waals surface area contributed by atoms with Crippen molar-refractivity contribution in [3.05, 3.63) is 34.9 Å². The molecule has 8 heteroatoms. The molecule has 1 aromatic carbocycles. The Kier molecular flexibility index (Phi) is 13.0. The normalized spacial score (nSPS) is 16.5. The third-order valence-corrected chi connectivity index (χ3v) is 4.50. The lowest BCUT2D eigenvalue weighted by atomic mass is 10.0. The van der Waals surface area contributed by atoms with E-state index in [2.05, 4.69) is 34.6 Å². The topological polar surface area (TPSA) is 58.1 Å². The molecule has 1 aliphatic heterocycles. The van der Waals surface area contributed by atoms with Gasteiger partial charge >= 0.3 is 0 Å². The fraction of sp³-hybridized carbons (Fsp3) is 0.632.